The second-order valence-electron chi connectivity index (χ2n) is 8.13. The zero-order valence-corrected chi connectivity index (χ0v) is 17.4. The molecule has 168 valence electrons. The van der Waals surface area contributed by atoms with Gasteiger partial charge in [-0.2, -0.15) is 0 Å². The summed E-state index contributed by atoms with van der Waals surface area (Å²) < 4.78 is 6.72. The molecule has 0 radical (unpaired) electrons. The van der Waals surface area contributed by atoms with Crippen molar-refractivity contribution < 1.29 is 29.2 Å². The number of nitrogens with zero attached hydrogens (tertiary/aromatic N) is 3. The number of aromatic carboxylic acids is 1. The number of hydrogen-bond acceptors (Lipinski definition) is 8. The molecule has 4 N–H and O–H groups in total. The van der Waals surface area contributed by atoms with Crippen LogP contribution in [-0.4, -0.2) is 69.0 Å². The van der Waals surface area contributed by atoms with Crippen molar-refractivity contribution in [2.45, 2.75) is 44.1 Å². The average Bonchev–Trinajstić information content (AvgIpc) is 3.23. The fourth-order valence-corrected chi connectivity index (χ4v) is 4.08. The molecule has 4 rings (SSSR count). The summed E-state index contributed by atoms with van der Waals surface area (Å²) in [7, 11) is -1.30. The topological polar surface area (TPSA) is 156 Å². The van der Waals surface area contributed by atoms with E-state index in [4.69, 9.17) is 4.65 Å². The Hall–Kier alpha value is -3.25. The Kier molecular flexibility index (Phi) is 6.51. The van der Waals surface area contributed by atoms with Crippen LogP contribution in [0.3, 0.4) is 0 Å². The minimum absolute atomic E-state index is 0.00698. The van der Waals surface area contributed by atoms with Crippen LogP contribution in [0.25, 0.3) is 0 Å². The van der Waals surface area contributed by atoms with E-state index in [2.05, 4.69) is 20.9 Å². The van der Waals surface area contributed by atoms with Crippen molar-refractivity contribution in [3.63, 3.8) is 0 Å². The van der Waals surface area contributed by atoms with Gasteiger partial charge in [0.2, 0.25) is 0 Å². The van der Waals surface area contributed by atoms with Crippen LogP contribution < -0.4 is 15.3 Å². The first-order chi connectivity index (χ1) is 15.4. The van der Waals surface area contributed by atoms with Gasteiger partial charge in [-0.05, 0) is 37.4 Å². The molecule has 1 aromatic carbocycles. The molecular weight excluding hydrogens is 417 g/mol. The van der Waals surface area contributed by atoms with Crippen molar-refractivity contribution in [2.75, 3.05) is 13.1 Å². The van der Waals surface area contributed by atoms with E-state index in [0.29, 0.717) is 18.5 Å². The largest absolute Gasteiger partial charge is 0.535 e. The third kappa shape index (κ3) is 4.97. The zero-order chi connectivity index (χ0) is 22.7. The molecule has 2 aromatic rings. The Morgan fingerprint density at radius 1 is 1.34 bits per heavy atom. The molecule has 0 spiro atoms. The molecule has 1 aromatic heterocycles. The molecule has 0 bridgehead atoms. The normalized spacial score (nSPS) is 20.2. The van der Waals surface area contributed by atoms with Gasteiger partial charge in [-0.15, -0.1) is 5.10 Å². The van der Waals surface area contributed by atoms with E-state index in [1.807, 2.05) is 0 Å². The van der Waals surface area contributed by atoms with Gasteiger partial charge in [0.15, 0.2) is 11.5 Å². The molecular formula is C20H24BN5O6. The number of carbonyl (C=O) groups is 3. The number of piperidine rings is 1. The summed E-state index contributed by atoms with van der Waals surface area (Å²) in [6, 6.07) is 4.77. The highest BCUT2D eigenvalue weighted by Crippen LogP contribution is 2.36. The fourth-order valence-electron chi connectivity index (χ4n) is 4.08. The fraction of sp³-hybridized carbons (Fsp3) is 0.450. The van der Waals surface area contributed by atoms with Crippen LogP contribution >= 0.6 is 0 Å². The van der Waals surface area contributed by atoms with Gasteiger partial charge >= 0.3 is 13.1 Å². The van der Waals surface area contributed by atoms with E-state index >= 15 is 0 Å². The predicted molar refractivity (Wildman–Crippen MR) is 112 cm³/mol. The van der Waals surface area contributed by atoms with Crippen molar-refractivity contribution in [2.24, 2.45) is 0 Å². The van der Waals surface area contributed by atoms with Gasteiger partial charge in [0.1, 0.15) is 12.3 Å². The van der Waals surface area contributed by atoms with E-state index in [1.165, 1.54) is 16.9 Å². The van der Waals surface area contributed by atoms with E-state index in [9.17, 15) is 24.5 Å². The van der Waals surface area contributed by atoms with E-state index < -0.39 is 18.9 Å². The number of benzene rings is 1. The third-order valence-electron chi connectivity index (χ3n) is 5.68. The van der Waals surface area contributed by atoms with Gasteiger partial charge < -0.3 is 25.4 Å². The number of aromatic nitrogens is 3. The van der Waals surface area contributed by atoms with E-state index in [1.54, 1.807) is 12.1 Å². The molecule has 32 heavy (non-hydrogen) atoms. The van der Waals surface area contributed by atoms with Gasteiger partial charge in [0.05, 0.1) is 11.8 Å². The summed E-state index contributed by atoms with van der Waals surface area (Å²) in [6.07, 6.45) is 3.63. The molecule has 1 amide bonds. The smallest absolute Gasteiger partial charge is 0.526 e. The highest BCUT2D eigenvalue weighted by atomic mass is 16.5. The second kappa shape index (κ2) is 9.49. The lowest BCUT2D eigenvalue weighted by Crippen LogP contribution is -2.45. The summed E-state index contributed by atoms with van der Waals surface area (Å²) in [5, 5.41) is 33.4. The first kappa shape index (κ1) is 22.0. The molecule has 12 heteroatoms. The van der Waals surface area contributed by atoms with E-state index in [0.717, 1.165) is 19.4 Å². The number of ketones is 1. The Labute approximate surface area is 184 Å². The first-order valence-electron chi connectivity index (χ1n) is 10.5. The summed E-state index contributed by atoms with van der Waals surface area (Å²) in [5.74, 6) is -2.09. The van der Waals surface area contributed by atoms with Gasteiger partial charge in [0, 0.05) is 24.8 Å². The number of carboxylic acids is 1. The summed E-state index contributed by atoms with van der Waals surface area (Å²) in [6.45, 7) is 1.55. The Bertz CT molecular complexity index is 1020. The SMILES string of the molecule is O=C(C[C@H]1Cc2cccc(C(=O)O)c2OB1O)Cn1cc(C(=O)N[C@H]2CCCNC2)nn1. The molecule has 2 atom stereocenters. The monoisotopic (exact) mass is 441 g/mol. The van der Waals surface area contributed by atoms with Crippen LogP contribution in [0.15, 0.2) is 24.4 Å². The molecule has 11 nitrogen and oxygen atoms in total. The van der Waals surface area contributed by atoms with Crippen LogP contribution in [0.5, 0.6) is 5.75 Å². The van der Waals surface area contributed by atoms with Crippen molar-refractivity contribution in [3.05, 3.63) is 41.2 Å². The lowest BCUT2D eigenvalue weighted by atomic mass is 9.64. The third-order valence-corrected chi connectivity index (χ3v) is 5.68. The van der Waals surface area contributed by atoms with Crippen LogP contribution in [0.4, 0.5) is 0 Å². The maximum absolute atomic E-state index is 12.6. The molecule has 0 unspecified atom stereocenters. The van der Waals surface area contributed by atoms with Crippen molar-refractivity contribution in [3.8, 4) is 5.75 Å². The van der Waals surface area contributed by atoms with Crippen molar-refractivity contribution >= 4 is 24.8 Å². The van der Waals surface area contributed by atoms with Gasteiger partial charge in [-0.1, -0.05) is 17.3 Å². The van der Waals surface area contributed by atoms with Crippen molar-refractivity contribution in [1.29, 1.82) is 0 Å². The maximum Gasteiger partial charge on any atom is 0.526 e. The van der Waals surface area contributed by atoms with Crippen molar-refractivity contribution in [1.82, 2.24) is 25.6 Å². The Balaban J connectivity index is 1.34. The first-order valence-corrected chi connectivity index (χ1v) is 10.5. The molecule has 2 aliphatic heterocycles. The van der Waals surface area contributed by atoms with Gasteiger partial charge in [-0.3, -0.25) is 9.59 Å². The van der Waals surface area contributed by atoms with E-state index in [-0.39, 0.29) is 47.7 Å². The molecule has 3 heterocycles. The number of hydrogen-bond donors (Lipinski definition) is 4. The van der Waals surface area contributed by atoms with Gasteiger partial charge in [-0.25, -0.2) is 9.48 Å². The quantitative estimate of drug-likeness (QED) is 0.431. The van der Waals surface area contributed by atoms with Crippen LogP contribution in [0.2, 0.25) is 5.82 Å². The predicted octanol–water partition coefficient (Wildman–Crippen LogP) is -0.0969. The summed E-state index contributed by atoms with van der Waals surface area (Å²) in [4.78, 5) is 36.2. The highest BCUT2D eigenvalue weighted by Gasteiger charge is 2.37. The minimum atomic E-state index is -1.30. The molecule has 0 aliphatic carbocycles. The molecule has 1 saturated heterocycles. The number of para-hydroxylation sites is 1. The molecule has 2 aliphatic rings. The number of amides is 1. The molecule has 1 fully saturated rings. The number of carboxylic acid groups (broad SMARTS) is 1. The molecule has 0 saturated carbocycles. The number of rotatable bonds is 7. The van der Waals surface area contributed by atoms with Gasteiger partial charge in [0.25, 0.3) is 5.91 Å². The number of Topliss-reactive ketones (excluding diaryl/α,β-unsaturated/α-hetero) is 1. The minimum Gasteiger partial charge on any atom is -0.535 e. The maximum atomic E-state index is 12.6. The van der Waals surface area contributed by atoms with Crippen LogP contribution in [0.1, 0.15) is 45.7 Å². The Morgan fingerprint density at radius 2 is 2.19 bits per heavy atom. The summed E-state index contributed by atoms with van der Waals surface area (Å²) >= 11 is 0. The highest BCUT2D eigenvalue weighted by molar-refractivity contribution is 6.47. The van der Waals surface area contributed by atoms with Crippen LogP contribution in [-0.2, 0) is 17.8 Å². The lowest BCUT2D eigenvalue weighted by Gasteiger charge is -2.27. The number of nitrogens with one attached hydrogen (secondary N) is 2. The number of carbonyl (C=O) groups excluding carboxylic acids is 2. The number of fused-ring (bicyclic) bond motifs is 1. The standard InChI is InChI=1S/C20H24BN5O6/c27-15(8-13-7-12-3-1-5-16(20(29)30)18(12)32-21(13)31)10-26-11-17(24-25-26)19(28)23-14-4-2-6-22-9-14/h1,3,5,11,13-14,22,31H,2,4,6-10H2,(H,23,28)(H,29,30)/t13-,14+/m1/s1. The Morgan fingerprint density at radius 3 is 2.94 bits per heavy atom. The second-order valence-corrected chi connectivity index (χ2v) is 8.13. The zero-order valence-electron chi connectivity index (χ0n) is 17.4. The van der Waals surface area contributed by atoms with Crippen LogP contribution in [0, 0.1) is 0 Å². The average molecular weight is 441 g/mol. The lowest BCUT2D eigenvalue weighted by molar-refractivity contribution is -0.120. The summed E-state index contributed by atoms with van der Waals surface area (Å²) in [5.41, 5.74) is 0.744.